The van der Waals surface area contributed by atoms with E-state index in [0.29, 0.717) is 35.9 Å². The van der Waals surface area contributed by atoms with Gasteiger partial charge in [0, 0.05) is 19.0 Å². The third-order valence-electron chi connectivity index (χ3n) is 5.20. The average molecular weight is 466 g/mol. The molecule has 0 saturated heterocycles. The van der Waals surface area contributed by atoms with Crippen LogP contribution in [0.4, 0.5) is 13.2 Å². The Kier molecular flexibility index (Phi) is 6.72. The highest BCUT2D eigenvalue weighted by Crippen LogP contribution is 2.46. The third kappa shape index (κ3) is 4.94. The first-order valence-corrected chi connectivity index (χ1v) is 10.6. The van der Waals surface area contributed by atoms with Crippen molar-refractivity contribution in [2.24, 2.45) is 5.92 Å². The molecule has 11 heteroatoms. The van der Waals surface area contributed by atoms with E-state index in [1.165, 1.54) is 4.68 Å². The fourth-order valence-electron chi connectivity index (χ4n) is 3.36. The summed E-state index contributed by atoms with van der Waals surface area (Å²) in [6.07, 6.45) is -2.51. The van der Waals surface area contributed by atoms with Crippen molar-refractivity contribution in [1.29, 1.82) is 0 Å². The second-order valence-corrected chi connectivity index (χ2v) is 8.51. The van der Waals surface area contributed by atoms with Gasteiger partial charge in [0.15, 0.2) is 5.69 Å². The molecule has 1 atom stereocenters. The van der Waals surface area contributed by atoms with Crippen LogP contribution in [0.15, 0.2) is 0 Å². The van der Waals surface area contributed by atoms with Crippen molar-refractivity contribution in [3.05, 3.63) is 32.8 Å². The van der Waals surface area contributed by atoms with Crippen molar-refractivity contribution in [1.82, 2.24) is 24.9 Å². The fraction of sp³-hybridized carbons (Fsp3) is 0.632. The van der Waals surface area contributed by atoms with E-state index in [4.69, 9.17) is 23.2 Å². The Morgan fingerprint density at radius 3 is 2.40 bits per heavy atom. The molecule has 1 aliphatic carbocycles. The van der Waals surface area contributed by atoms with Crippen LogP contribution in [-0.2, 0) is 24.1 Å². The van der Waals surface area contributed by atoms with Crippen LogP contribution in [-0.4, -0.2) is 32.0 Å². The first-order chi connectivity index (χ1) is 14.0. The first-order valence-electron chi connectivity index (χ1n) is 9.81. The Labute approximate surface area is 182 Å². The number of hydrogen-bond acceptors (Lipinski definition) is 3. The Balaban J connectivity index is 1.53. The van der Waals surface area contributed by atoms with Gasteiger partial charge >= 0.3 is 6.18 Å². The minimum absolute atomic E-state index is 0.0308. The molecule has 2 aromatic rings. The second-order valence-electron chi connectivity index (χ2n) is 7.76. The van der Waals surface area contributed by atoms with Gasteiger partial charge in [-0.15, -0.1) is 0 Å². The monoisotopic (exact) mass is 465 g/mol. The summed E-state index contributed by atoms with van der Waals surface area (Å²) < 4.78 is 42.4. The number of carbonyl (C=O) groups is 1. The van der Waals surface area contributed by atoms with Crippen molar-refractivity contribution in [2.45, 2.75) is 65.2 Å². The van der Waals surface area contributed by atoms with Crippen LogP contribution in [0.1, 0.15) is 54.9 Å². The summed E-state index contributed by atoms with van der Waals surface area (Å²) in [5.41, 5.74) is 0.930. The largest absolute Gasteiger partial charge is 0.436 e. The summed E-state index contributed by atoms with van der Waals surface area (Å²) in [6, 6.07) is 0. The highest BCUT2D eigenvalue weighted by molar-refractivity contribution is 6.32. The number of aryl methyl sites for hydroxylation is 2. The minimum Gasteiger partial charge on any atom is -0.356 e. The van der Waals surface area contributed by atoms with Gasteiger partial charge in [-0.1, -0.05) is 30.1 Å². The summed E-state index contributed by atoms with van der Waals surface area (Å²) in [4.78, 5) is 12.4. The lowest BCUT2D eigenvalue weighted by molar-refractivity contribution is -0.141. The number of nitrogens with zero attached hydrogens (tertiary/aromatic N) is 4. The Hall–Kier alpha value is -1.74. The minimum atomic E-state index is -4.58. The molecule has 1 aliphatic rings. The summed E-state index contributed by atoms with van der Waals surface area (Å²) in [5.74, 6) is -0.462. The lowest BCUT2D eigenvalue weighted by Gasteiger charge is -2.14. The van der Waals surface area contributed by atoms with Crippen LogP contribution in [0.25, 0.3) is 0 Å². The van der Waals surface area contributed by atoms with Gasteiger partial charge in [0.25, 0.3) is 0 Å². The maximum Gasteiger partial charge on any atom is 0.436 e. The normalized spacial score (nSPS) is 15.5. The molecule has 0 radical (unpaired) electrons. The molecule has 2 aromatic heterocycles. The lowest BCUT2D eigenvalue weighted by Crippen LogP contribution is -2.33. The molecule has 1 N–H and O–H groups in total. The molecular formula is C19H24Cl2F3N5O. The molecule has 0 spiro atoms. The van der Waals surface area contributed by atoms with Crippen molar-refractivity contribution in [3.63, 3.8) is 0 Å². The van der Waals surface area contributed by atoms with Gasteiger partial charge in [-0.2, -0.15) is 23.4 Å². The molecule has 0 aromatic carbocycles. The molecule has 0 aliphatic heterocycles. The van der Waals surface area contributed by atoms with Gasteiger partial charge in [-0.05, 0) is 33.1 Å². The molecule has 30 heavy (non-hydrogen) atoms. The van der Waals surface area contributed by atoms with E-state index in [1.807, 2.05) is 6.92 Å². The van der Waals surface area contributed by atoms with Gasteiger partial charge < -0.3 is 5.32 Å². The van der Waals surface area contributed by atoms with Crippen molar-refractivity contribution in [3.8, 4) is 0 Å². The number of hydrogen-bond donors (Lipinski definition) is 1. The second kappa shape index (κ2) is 8.78. The molecule has 1 fully saturated rings. The van der Waals surface area contributed by atoms with E-state index in [2.05, 4.69) is 15.5 Å². The Morgan fingerprint density at radius 1 is 1.20 bits per heavy atom. The molecule has 2 heterocycles. The van der Waals surface area contributed by atoms with Gasteiger partial charge in [-0.3, -0.25) is 14.2 Å². The molecule has 1 unspecified atom stereocenters. The smallest absolute Gasteiger partial charge is 0.356 e. The predicted molar refractivity (Wildman–Crippen MR) is 108 cm³/mol. The van der Waals surface area contributed by atoms with E-state index < -0.39 is 11.9 Å². The third-order valence-corrected chi connectivity index (χ3v) is 6.12. The quantitative estimate of drug-likeness (QED) is 0.572. The average Bonchev–Trinajstić information content (AvgIpc) is 3.40. The number of carbonyl (C=O) groups excluding carboxylic acids is 1. The zero-order valence-electron chi connectivity index (χ0n) is 17.0. The number of aromatic nitrogens is 4. The van der Waals surface area contributed by atoms with Crippen molar-refractivity contribution >= 4 is 29.1 Å². The van der Waals surface area contributed by atoms with Crippen LogP contribution in [0.5, 0.6) is 0 Å². The van der Waals surface area contributed by atoms with Crippen LogP contribution in [0.3, 0.4) is 0 Å². The van der Waals surface area contributed by atoms with Gasteiger partial charge in [0.1, 0.15) is 0 Å². The number of alkyl halides is 3. The highest BCUT2D eigenvalue weighted by Gasteiger charge is 2.41. The van der Waals surface area contributed by atoms with Crippen LogP contribution in [0, 0.1) is 19.8 Å². The zero-order valence-corrected chi connectivity index (χ0v) is 18.5. The van der Waals surface area contributed by atoms with E-state index in [9.17, 15) is 18.0 Å². The lowest BCUT2D eigenvalue weighted by atomic mass is 10.1. The molecule has 166 valence electrons. The predicted octanol–water partition coefficient (Wildman–Crippen LogP) is 4.74. The SMILES string of the molecule is Cc1nn(CC(C)C(=O)NCCCn2nc(C(F)(F)F)c(Cl)c2C2CC2)c(C)c1Cl. The topological polar surface area (TPSA) is 64.7 Å². The Morgan fingerprint density at radius 2 is 1.87 bits per heavy atom. The number of amides is 1. The zero-order chi connectivity index (χ0) is 22.2. The number of halogens is 5. The van der Waals surface area contributed by atoms with Gasteiger partial charge in [0.2, 0.25) is 5.91 Å². The van der Waals surface area contributed by atoms with Crippen LogP contribution < -0.4 is 5.32 Å². The van der Waals surface area contributed by atoms with Crippen LogP contribution in [0.2, 0.25) is 10.0 Å². The van der Waals surface area contributed by atoms with Gasteiger partial charge in [0.05, 0.1) is 39.6 Å². The van der Waals surface area contributed by atoms with E-state index >= 15 is 0 Å². The van der Waals surface area contributed by atoms with E-state index in [0.717, 1.165) is 18.5 Å². The standard InChI is InChI=1S/C19H24Cl2F3N5O/c1-10(9-29-12(3)14(20)11(2)26-29)18(30)25-7-4-8-28-16(13-5-6-13)15(21)17(27-28)19(22,23)24/h10,13H,4-9H2,1-3H3,(H,25,30). The number of nitrogens with one attached hydrogen (secondary N) is 1. The molecule has 1 amide bonds. The maximum absolute atomic E-state index is 13.1. The van der Waals surface area contributed by atoms with Gasteiger partial charge in [-0.25, -0.2) is 0 Å². The summed E-state index contributed by atoms with van der Waals surface area (Å²) in [7, 11) is 0. The summed E-state index contributed by atoms with van der Waals surface area (Å²) in [6.45, 7) is 6.40. The number of rotatable bonds is 8. The van der Waals surface area contributed by atoms with E-state index in [-0.39, 0.29) is 29.3 Å². The molecule has 1 saturated carbocycles. The van der Waals surface area contributed by atoms with E-state index in [1.54, 1.807) is 18.5 Å². The van der Waals surface area contributed by atoms with Crippen LogP contribution >= 0.6 is 23.2 Å². The Bertz CT molecular complexity index is 934. The molecule has 6 nitrogen and oxygen atoms in total. The fourth-order valence-corrected chi connectivity index (χ4v) is 3.89. The maximum atomic E-state index is 13.1. The highest BCUT2D eigenvalue weighted by atomic mass is 35.5. The molecule has 0 bridgehead atoms. The summed E-state index contributed by atoms with van der Waals surface area (Å²) >= 11 is 12.1. The summed E-state index contributed by atoms with van der Waals surface area (Å²) in [5, 5.41) is 11.1. The molecule has 3 rings (SSSR count). The first kappa shape index (κ1) is 22.9. The van der Waals surface area contributed by atoms with Crippen molar-refractivity contribution in [2.75, 3.05) is 6.54 Å². The molecular weight excluding hydrogens is 442 g/mol. The van der Waals surface area contributed by atoms with Crippen molar-refractivity contribution < 1.29 is 18.0 Å².